The second kappa shape index (κ2) is 7.14. The van der Waals surface area contributed by atoms with Crippen molar-refractivity contribution in [1.29, 1.82) is 0 Å². The molecule has 4 heteroatoms. The van der Waals surface area contributed by atoms with Crippen molar-refractivity contribution < 1.29 is 9.90 Å². The molecule has 122 valence electrons. The molecule has 1 aliphatic carbocycles. The van der Waals surface area contributed by atoms with E-state index >= 15 is 0 Å². The van der Waals surface area contributed by atoms with Gasteiger partial charge in [-0.2, -0.15) is 0 Å². The highest BCUT2D eigenvalue weighted by Gasteiger charge is 2.32. The van der Waals surface area contributed by atoms with Crippen LogP contribution in [0.5, 0.6) is 0 Å². The number of aliphatic hydroxyl groups is 1. The van der Waals surface area contributed by atoms with Crippen LogP contribution in [0.25, 0.3) is 0 Å². The standard InChI is InChI=1S/C18H28N2O2/c1-18(2,3)14-6-8-15(9-7-14)19-17(22)20(16-10-11-16)12-4-5-13-21/h6-9,16,21H,4-5,10-13H2,1-3H3,(H,19,22). The topological polar surface area (TPSA) is 52.6 Å². The van der Waals surface area contributed by atoms with Gasteiger partial charge < -0.3 is 15.3 Å². The Labute approximate surface area is 133 Å². The Morgan fingerprint density at radius 2 is 1.86 bits per heavy atom. The van der Waals surface area contributed by atoms with Gasteiger partial charge >= 0.3 is 6.03 Å². The van der Waals surface area contributed by atoms with Crippen LogP contribution in [-0.4, -0.2) is 35.2 Å². The lowest BCUT2D eigenvalue weighted by Crippen LogP contribution is -2.37. The number of anilines is 1. The number of benzene rings is 1. The number of urea groups is 1. The van der Waals surface area contributed by atoms with Gasteiger partial charge in [0.05, 0.1) is 0 Å². The summed E-state index contributed by atoms with van der Waals surface area (Å²) in [5.41, 5.74) is 2.21. The van der Waals surface area contributed by atoms with Crippen LogP contribution < -0.4 is 5.32 Å². The third-order valence-electron chi connectivity index (χ3n) is 4.06. The fraction of sp³-hybridized carbons (Fsp3) is 0.611. The fourth-order valence-electron chi connectivity index (χ4n) is 2.48. The lowest BCUT2D eigenvalue weighted by molar-refractivity contribution is 0.204. The molecule has 0 bridgehead atoms. The van der Waals surface area contributed by atoms with Gasteiger partial charge in [-0.15, -0.1) is 0 Å². The smallest absolute Gasteiger partial charge is 0.322 e. The Hall–Kier alpha value is -1.55. The molecule has 0 aliphatic heterocycles. The van der Waals surface area contributed by atoms with Crippen molar-refractivity contribution in [3.63, 3.8) is 0 Å². The summed E-state index contributed by atoms with van der Waals surface area (Å²) in [6.07, 6.45) is 3.78. The van der Waals surface area contributed by atoms with E-state index in [2.05, 4.69) is 38.2 Å². The highest BCUT2D eigenvalue weighted by Crippen LogP contribution is 2.28. The molecule has 0 spiro atoms. The summed E-state index contributed by atoms with van der Waals surface area (Å²) in [5, 5.41) is 11.9. The van der Waals surface area contributed by atoms with E-state index in [4.69, 9.17) is 5.11 Å². The molecule has 1 fully saturated rings. The highest BCUT2D eigenvalue weighted by atomic mass is 16.3. The quantitative estimate of drug-likeness (QED) is 0.786. The van der Waals surface area contributed by atoms with Crippen LogP contribution in [0.1, 0.15) is 52.0 Å². The zero-order chi connectivity index (χ0) is 16.2. The maximum Gasteiger partial charge on any atom is 0.322 e. The molecule has 2 N–H and O–H groups in total. The molecule has 4 nitrogen and oxygen atoms in total. The molecule has 0 radical (unpaired) electrons. The van der Waals surface area contributed by atoms with E-state index in [0.29, 0.717) is 6.04 Å². The van der Waals surface area contributed by atoms with Crippen molar-refractivity contribution in [2.24, 2.45) is 0 Å². The van der Waals surface area contributed by atoms with E-state index in [-0.39, 0.29) is 18.1 Å². The van der Waals surface area contributed by atoms with Gasteiger partial charge in [0.15, 0.2) is 0 Å². The Morgan fingerprint density at radius 3 is 2.36 bits per heavy atom. The van der Waals surface area contributed by atoms with Gasteiger partial charge in [0, 0.05) is 24.9 Å². The molecule has 1 aromatic rings. The number of hydrogen-bond donors (Lipinski definition) is 2. The summed E-state index contributed by atoms with van der Waals surface area (Å²) in [6, 6.07) is 8.44. The average molecular weight is 304 g/mol. The number of carbonyl (C=O) groups is 1. The number of aliphatic hydroxyl groups excluding tert-OH is 1. The van der Waals surface area contributed by atoms with Gasteiger partial charge in [-0.1, -0.05) is 32.9 Å². The van der Waals surface area contributed by atoms with Crippen molar-refractivity contribution in [2.45, 2.75) is 57.9 Å². The number of nitrogens with one attached hydrogen (secondary N) is 1. The van der Waals surface area contributed by atoms with Gasteiger partial charge in [0.2, 0.25) is 0 Å². The predicted octanol–water partition coefficient (Wildman–Crippen LogP) is 3.75. The number of carbonyl (C=O) groups excluding carboxylic acids is 1. The van der Waals surface area contributed by atoms with E-state index in [1.807, 2.05) is 17.0 Å². The number of rotatable bonds is 6. The first-order valence-electron chi connectivity index (χ1n) is 8.21. The molecule has 0 heterocycles. The predicted molar refractivity (Wildman–Crippen MR) is 90.2 cm³/mol. The molecular weight excluding hydrogens is 276 g/mol. The van der Waals surface area contributed by atoms with E-state index in [1.165, 1.54) is 5.56 Å². The largest absolute Gasteiger partial charge is 0.396 e. The first-order valence-corrected chi connectivity index (χ1v) is 8.21. The van der Waals surface area contributed by atoms with Gasteiger partial charge in [-0.05, 0) is 48.8 Å². The lowest BCUT2D eigenvalue weighted by Gasteiger charge is -2.23. The van der Waals surface area contributed by atoms with Crippen molar-refractivity contribution >= 4 is 11.7 Å². The summed E-state index contributed by atoms with van der Waals surface area (Å²) in [7, 11) is 0. The molecule has 22 heavy (non-hydrogen) atoms. The van der Waals surface area contributed by atoms with Gasteiger partial charge in [-0.3, -0.25) is 0 Å². The minimum atomic E-state index is -0.0241. The third kappa shape index (κ3) is 4.73. The van der Waals surface area contributed by atoms with Crippen LogP contribution in [0.4, 0.5) is 10.5 Å². The summed E-state index contributed by atoms with van der Waals surface area (Å²) >= 11 is 0. The molecule has 0 unspecified atom stereocenters. The molecule has 1 aliphatic rings. The van der Waals surface area contributed by atoms with E-state index < -0.39 is 0 Å². The Bertz CT molecular complexity index is 487. The third-order valence-corrected chi connectivity index (χ3v) is 4.06. The minimum Gasteiger partial charge on any atom is -0.396 e. The van der Waals surface area contributed by atoms with Crippen LogP contribution in [0.3, 0.4) is 0 Å². The first-order chi connectivity index (χ1) is 10.4. The zero-order valence-electron chi connectivity index (χ0n) is 13.9. The van der Waals surface area contributed by atoms with Crippen molar-refractivity contribution in [3.05, 3.63) is 29.8 Å². The second-order valence-electron chi connectivity index (χ2n) is 7.11. The van der Waals surface area contributed by atoms with Gasteiger partial charge in [0.1, 0.15) is 0 Å². The van der Waals surface area contributed by atoms with Crippen LogP contribution >= 0.6 is 0 Å². The number of amides is 2. The molecule has 1 aromatic carbocycles. The molecule has 0 aromatic heterocycles. The van der Waals surface area contributed by atoms with Gasteiger partial charge in [0.25, 0.3) is 0 Å². The monoisotopic (exact) mass is 304 g/mol. The summed E-state index contributed by atoms with van der Waals surface area (Å²) in [4.78, 5) is 14.3. The maximum atomic E-state index is 12.4. The maximum absolute atomic E-state index is 12.4. The lowest BCUT2D eigenvalue weighted by atomic mass is 9.87. The molecule has 2 amide bonds. The Morgan fingerprint density at radius 1 is 1.23 bits per heavy atom. The zero-order valence-corrected chi connectivity index (χ0v) is 13.9. The highest BCUT2D eigenvalue weighted by molar-refractivity contribution is 5.89. The summed E-state index contributed by atoms with van der Waals surface area (Å²) < 4.78 is 0. The second-order valence-corrected chi connectivity index (χ2v) is 7.11. The number of unbranched alkanes of at least 4 members (excludes halogenated alkanes) is 1. The van der Waals surface area contributed by atoms with Crippen LogP contribution in [-0.2, 0) is 5.41 Å². The van der Waals surface area contributed by atoms with Crippen LogP contribution in [0.2, 0.25) is 0 Å². The number of hydrogen-bond acceptors (Lipinski definition) is 2. The molecular formula is C18H28N2O2. The summed E-state index contributed by atoms with van der Waals surface area (Å²) in [6.45, 7) is 7.44. The average Bonchev–Trinajstić information content (AvgIpc) is 3.27. The minimum absolute atomic E-state index is 0.0241. The van der Waals surface area contributed by atoms with Crippen molar-refractivity contribution in [3.8, 4) is 0 Å². The molecule has 2 rings (SSSR count). The van der Waals surface area contributed by atoms with E-state index in [0.717, 1.165) is 37.9 Å². The van der Waals surface area contributed by atoms with Crippen molar-refractivity contribution in [2.75, 3.05) is 18.5 Å². The first kappa shape index (κ1) is 16.8. The van der Waals surface area contributed by atoms with Crippen LogP contribution in [0, 0.1) is 0 Å². The SMILES string of the molecule is CC(C)(C)c1ccc(NC(=O)N(CCCCO)C2CC2)cc1. The molecule has 0 saturated heterocycles. The summed E-state index contributed by atoms with van der Waals surface area (Å²) in [5.74, 6) is 0. The number of nitrogens with zero attached hydrogens (tertiary/aromatic N) is 1. The molecule has 1 saturated carbocycles. The van der Waals surface area contributed by atoms with Gasteiger partial charge in [-0.25, -0.2) is 4.79 Å². The Balaban J connectivity index is 1.94. The van der Waals surface area contributed by atoms with E-state index in [1.54, 1.807) is 0 Å². The fourth-order valence-corrected chi connectivity index (χ4v) is 2.48. The van der Waals surface area contributed by atoms with Crippen LogP contribution in [0.15, 0.2) is 24.3 Å². The van der Waals surface area contributed by atoms with Crippen molar-refractivity contribution in [1.82, 2.24) is 4.90 Å². The normalized spacial score (nSPS) is 14.7. The van der Waals surface area contributed by atoms with E-state index in [9.17, 15) is 4.79 Å². The Kier molecular flexibility index (Phi) is 5.46. The molecule has 0 atom stereocenters.